The van der Waals surface area contributed by atoms with E-state index in [0.29, 0.717) is 28.5 Å². The van der Waals surface area contributed by atoms with E-state index in [1.54, 1.807) is 30.3 Å². The number of nitriles is 1. The van der Waals surface area contributed by atoms with Gasteiger partial charge in [-0.1, -0.05) is 30.9 Å². The lowest BCUT2D eigenvalue weighted by Gasteiger charge is -2.15. The summed E-state index contributed by atoms with van der Waals surface area (Å²) in [6.45, 7) is 5.07. The predicted molar refractivity (Wildman–Crippen MR) is 101 cm³/mol. The molecule has 4 nitrogen and oxygen atoms in total. The molecule has 0 saturated carbocycles. The van der Waals surface area contributed by atoms with Crippen LogP contribution in [0.1, 0.15) is 18.2 Å². The van der Waals surface area contributed by atoms with Crippen LogP contribution in [0, 0.1) is 11.3 Å². The number of rotatable bonds is 6. The largest absolute Gasteiger partial charge is 0.491 e. The van der Waals surface area contributed by atoms with Gasteiger partial charge in [-0.2, -0.15) is 5.26 Å². The maximum atomic E-state index is 13.1. The molecule has 0 spiro atoms. The number of nitrogens with zero attached hydrogens (tertiary/aromatic N) is 2. The van der Waals surface area contributed by atoms with Gasteiger partial charge >= 0.3 is 0 Å². The molecule has 1 aromatic carbocycles. The van der Waals surface area contributed by atoms with Gasteiger partial charge in [-0.15, -0.1) is 0 Å². The zero-order valence-electron chi connectivity index (χ0n) is 14.9. The third-order valence-corrected chi connectivity index (χ3v) is 3.70. The van der Waals surface area contributed by atoms with Gasteiger partial charge < -0.3 is 9.47 Å². The molecule has 0 aliphatic rings. The minimum Gasteiger partial charge on any atom is -0.491 e. The molecule has 0 unspecified atom stereocenters. The maximum absolute atomic E-state index is 13.1. The third kappa shape index (κ3) is 4.17. The molecule has 1 aromatic heterocycles. The van der Waals surface area contributed by atoms with Crippen molar-refractivity contribution in [2.45, 2.75) is 6.92 Å². The Morgan fingerprint density at radius 2 is 2.00 bits per heavy atom. The fraction of sp³-hybridized carbons (Fsp3) is 0.143. The van der Waals surface area contributed by atoms with Crippen LogP contribution in [0.4, 0.5) is 4.39 Å². The maximum Gasteiger partial charge on any atom is 0.257 e. The molecule has 0 aliphatic carbocycles. The Morgan fingerprint density at radius 3 is 2.58 bits per heavy atom. The van der Waals surface area contributed by atoms with E-state index in [2.05, 4.69) is 17.6 Å². The van der Waals surface area contributed by atoms with Crippen molar-refractivity contribution in [3.63, 3.8) is 0 Å². The van der Waals surface area contributed by atoms with Gasteiger partial charge in [0.25, 0.3) is 5.88 Å². The fourth-order valence-electron chi connectivity index (χ4n) is 2.46. The van der Waals surface area contributed by atoms with Crippen LogP contribution in [0.5, 0.6) is 11.6 Å². The molecule has 0 atom stereocenters. The van der Waals surface area contributed by atoms with Crippen LogP contribution in [-0.2, 0) is 0 Å². The Labute approximate surface area is 152 Å². The highest BCUT2D eigenvalue weighted by Crippen LogP contribution is 2.36. The molecule has 0 N–H and O–H groups in total. The monoisotopic (exact) mass is 350 g/mol. The first-order chi connectivity index (χ1) is 12.5. The van der Waals surface area contributed by atoms with E-state index >= 15 is 0 Å². The lowest BCUT2D eigenvalue weighted by atomic mass is 9.97. The number of aromatic nitrogens is 1. The van der Waals surface area contributed by atoms with Crippen LogP contribution in [-0.4, -0.2) is 19.2 Å². The van der Waals surface area contributed by atoms with E-state index in [1.807, 2.05) is 19.1 Å². The average molecular weight is 350 g/mol. The van der Waals surface area contributed by atoms with Crippen molar-refractivity contribution in [2.75, 3.05) is 14.2 Å². The Balaban J connectivity index is 2.75. The van der Waals surface area contributed by atoms with Crippen molar-refractivity contribution in [3.8, 4) is 28.8 Å². The van der Waals surface area contributed by atoms with E-state index < -0.39 is 5.83 Å². The van der Waals surface area contributed by atoms with Gasteiger partial charge in [0.15, 0.2) is 5.75 Å². The minimum atomic E-state index is -0.558. The highest BCUT2D eigenvalue weighted by molar-refractivity contribution is 5.85. The van der Waals surface area contributed by atoms with E-state index in [1.165, 1.54) is 20.3 Å². The van der Waals surface area contributed by atoms with Gasteiger partial charge in [0.2, 0.25) is 0 Å². The molecule has 0 amide bonds. The smallest absolute Gasteiger partial charge is 0.257 e. The Bertz CT molecular complexity index is 924. The van der Waals surface area contributed by atoms with Crippen LogP contribution in [0.2, 0.25) is 0 Å². The molecule has 2 aromatic rings. The summed E-state index contributed by atoms with van der Waals surface area (Å²) in [7, 11) is 3.03. The van der Waals surface area contributed by atoms with Crippen molar-refractivity contribution in [3.05, 3.63) is 72.2 Å². The molecule has 5 heteroatoms. The summed E-state index contributed by atoms with van der Waals surface area (Å²) in [4.78, 5) is 4.54. The highest BCUT2D eigenvalue weighted by atomic mass is 19.1. The van der Waals surface area contributed by atoms with Crippen molar-refractivity contribution in [1.29, 1.82) is 5.26 Å². The lowest BCUT2D eigenvalue weighted by Crippen LogP contribution is -2.00. The van der Waals surface area contributed by atoms with Gasteiger partial charge in [0, 0.05) is 5.56 Å². The summed E-state index contributed by atoms with van der Waals surface area (Å²) in [5.41, 5.74) is 3.32. The summed E-state index contributed by atoms with van der Waals surface area (Å²) in [5.74, 6) is 0.218. The van der Waals surface area contributed by atoms with Crippen LogP contribution in [0.3, 0.4) is 0 Å². The molecule has 26 heavy (non-hydrogen) atoms. The normalized spacial score (nSPS) is 11.3. The average Bonchev–Trinajstić information content (AvgIpc) is 2.67. The van der Waals surface area contributed by atoms with Gasteiger partial charge in [-0.05, 0) is 42.3 Å². The van der Waals surface area contributed by atoms with Crippen molar-refractivity contribution in [1.82, 2.24) is 4.98 Å². The second-order valence-corrected chi connectivity index (χ2v) is 5.31. The highest BCUT2D eigenvalue weighted by Gasteiger charge is 2.16. The van der Waals surface area contributed by atoms with Gasteiger partial charge in [0.1, 0.15) is 5.83 Å². The van der Waals surface area contributed by atoms with E-state index in [0.717, 1.165) is 11.1 Å². The summed E-state index contributed by atoms with van der Waals surface area (Å²) < 4.78 is 23.7. The first-order valence-corrected chi connectivity index (χ1v) is 7.86. The molecule has 2 rings (SSSR count). The van der Waals surface area contributed by atoms with Gasteiger partial charge in [-0.25, -0.2) is 9.37 Å². The minimum absolute atomic E-state index is 0.314. The second kappa shape index (κ2) is 8.63. The standard InChI is InChI=1S/C21H19FN2O2/c1-5-16(10-9-14(2)22)20-18(12-19(25-3)21(24-20)26-4)17-8-6-7-15(11-17)13-23/h5-12H,2H2,1,3-4H3. The summed E-state index contributed by atoms with van der Waals surface area (Å²) in [5, 5.41) is 9.18. The van der Waals surface area contributed by atoms with Crippen molar-refractivity contribution in [2.24, 2.45) is 0 Å². The predicted octanol–water partition coefficient (Wildman–Crippen LogP) is 5.08. The fourth-order valence-corrected chi connectivity index (χ4v) is 2.46. The molecule has 132 valence electrons. The van der Waals surface area contributed by atoms with Crippen LogP contribution in [0.25, 0.3) is 16.7 Å². The number of ether oxygens (including phenoxy) is 2. The van der Waals surface area contributed by atoms with Crippen LogP contribution in [0.15, 0.2) is 61.0 Å². The zero-order chi connectivity index (χ0) is 19.1. The number of hydrogen-bond acceptors (Lipinski definition) is 4. The summed E-state index contributed by atoms with van der Waals surface area (Å²) in [6.07, 6.45) is 4.67. The summed E-state index contributed by atoms with van der Waals surface area (Å²) >= 11 is 0. The number of halogens is 1. The topological polar surface area (TPSA) is 55.1 Å². The van der Waals surface area contributed by atoms with E-state index in [9.17, 15) is 9.65 Å². The molecule has 0 saturated heterocycles. The van der Waals surface area contributed by atoms with Crippen molar-refractivity contribution >= 4 is 5.57 Å². The first-order valence-electron chi connectivity index (χ1n) is 7.86. The van der Waals surface area contributed by atoms with Crippen molar-refractivity contribution < 1.29 is 13.9 Å². The quantitative estimate of drug-likeness (QED) is 0.682. The molecule has 1 heterocycles. The van der Waals surface area contributed by atoms with E-state index in [4.69, 9.17) is 9.47 Å². The molecule has 0 aliphatic heterocycles. The SMILES string of the molecule is C=C(F)C=CC(=CC)c1nc(OC)c(OC)cc1-c1cccc(C#N)c1. The molecular weight excluding hydrogens is 331 g/mol. The van der Waals surface area contributed by atoms with Gasteiger partial charge in [-0.3, -0.25) is 0 Å². The second-order valence-electron chi connectivity index (χ2n) is 5.31. The molecule has 0 bridgehead atoms. The summed E-state index contributed by atoms with van der Waals surface area (Å²) in [6, 6.07) is 11.1. The Kier molecular flexibility index (Phi) is 6.29. The number of methoxy groups -OCH3 is 2. The van der Waals surface area contributed by atoms with Crippen LogP contribution >= 0.6 is 0 Å². The lowest BCUT2D eigenvalue weighted by molar-refractivity contribution is 0.343. The van der Waals surface area contributed by atoms with Crippen LogP contribution < -0.4 is 9.47 Å². The molecular formula is C21H19FN2O2. The Morgan fingerprint density at radius 1 is 1.23 bits per heavy atom. The number of hydrogen-bond donors (Lipinski definition) is 0. The first kappa shape index (κ1) is 18.9. The molecule has 0 radical (unpaired) electrons. The Hall–Kier alpha value is -3.39. The molecule has 0 fully saturated rings. The number of benzene rings is 1. The van der Waals surface area contributed by atoms with Gasteiger partial charge in [0.05, 0.1) is 31.5 Å². The number of pyridine rings is 1. The third-order valence-electron chi connectivity index (χ3n) is 3.70. The number of allylic oxidation sites excluding steroid dienone is 5. The van der Waals surface area contributed by atoms with E-state index in [-0.39, 0.29) is 0 Å². The zero-order valence-corrected chi connectivity index (χ0v) is 14.9.